The quantitative estimate of drug-likeness (QED) is 0.540. The average Bonchev–Trinajstić information content (AvgIpc) is 2.15. The van der Waals surface area contributed by atoms with Crippen molar-refractivity contribution >= 4 is 19.7 Å². The maximum Gasteiger partial charge on any atom is 0.651 e. The fraction of sp³-hybridized carbons (Fsp3) is 1.00. The number of hydroxylamine groups is 2. The fourth-order valence-corrected chi connectivity index (χ4v) is 0.927. The van der Waals surface area contributed by atoms with Crippen molar-refractivity contribution in [3.8, 4) is 0 Å². The van der Waals surface area contributed by atoms with Crippen molar-refractivity contribution in [3.63, 3.8) is 0 Å². The number of rotatable bonds is 2. The highest BCUT2D eigenvalue weighted by Gasteiger charge is 2.18. The van der Waals surface area contributed by atoms with Crippen LogP contribution in [0.4, 0.5) is 0 Å². The maximum absolute atomic E-state index is 8.30. The van der Waals surface area contributed by atoms with E-state index in [1.165, 1.54) is 0 Å². The summed E-state index contributed by atoms with van der Waals surface area (Å²) in [5, 5.41) is 18.2. The normalized spacial score (nSPS) is 18.6. The Morgan fingerprint density at radius 3 is 2.10 bits per heavy atom. The molecular weight excluding hydrogens is 156 g/mol. The summed E-state index contributed by atoms with van der Waals surface area (Å²) in [5.74, 6) is 0. The van der Waals surface area contributed by atoms with Crippen LogP contribution < -0.4 is 0 Å². The first kappa shape index (κ1) is 10.2. The molecule has 2 N–H and O–H groups in total. The molecule has 1 rings (SSSR count). The summed E-state index contributed by atoms with van der Waals surface area (Å²) >= 11 is 0. The lowest BCUT2D eigenvalue weighted by molar-refractivity contribution is -0.0752. The molecule has 0 amide bonds. The molecule has 0 spiro atoms. The molecule has 0 radical (unpaired) electrons. The van der Waals surface area contributed by atoms with E-state index in [0.29, 0.717) is 0 Å². The van der Waals surface area contributed by atoms with E-state index in [1.54, 1.807) is 5.06 Å². The molecule has 10 heavy (non-hydrogen) atoms. The number of halogens is 1. The van der Waals surface area contributed by atoms with Gasteiger partial charge in [-0.25, -0.2) is 5.06 Å². The minimum absolute atomic E-state index is 0. The second kappa shape index (κ2) is 4.93. The summed E-state index contributed by atoms with van der Waals surface area (Å²) < 4.78 is 4.56. The first-order chi connectivity index (χ1) is 4.29. The minimum atomic E-state index is -1.65. The van der Waals surface area contributed by atoms with Gasteiger partial charge in [0.05, 0.1) is 0 Å². The van der Waals surface area contributed by atoms with Crippen molar-refractivity contribution in [2.24, 2.45) is 0 Å². The highest BCUT2D eigenvalue weighted by atomic mass is 35.5. The van der Waals surface area contributed by atoms with E-state index >= 15 is 0 Å². The van der Waals surface area contributed by atoms with Gasteiger partial charge in [-0.05, 0) is 12.8 Å². The minimum Gasteiger partial charge on any atom is -0.401 e. The van der Waals surface area contributed by atoms with Gasteiger partial charge in [0.1, 0.15) is 0 Å². The first-order valence-corrected chi connectivity index (χ1v) is 3.07. The molecule has 6 heteroatoms. The average molecular weight is 167 g/mol. The van der Waals surface area contributed by atoms with E-state index in [9.17, 15) is 0 Å². The van der Waals surface area contributed by atoms with Gasteiger partial charge >= 0.3 is 7.32 Å². The van der Waals surface area contributed by atoms with Crippen molar-refractivity contribution in [3.05, 3.63) is 0 Å². The van der Waals surface area contributed by atoms with Crippen LogP contribution in [0.1, 0.15) is 12.8 Å². The van der Waals surface area contributed by atoms with Crippen LogP contribution in [0.5, 0.6) is 0 Å². The lowest BCUT2D eigenvalue weighted by Crippen LogP contribution is -2.30. The lowest BCUT2D eigenvalue weighted by atomic mass is 10.3. The van der Waals surface area contributed by atoms with Crippen LogP contribution in [0.2, 0.25) is 0 Å². The van der Waals surface area contributed by atoms with Crippen LogP contribution in [0.3, 0.4) is 0 Å². The standard InChI is InChI=1S/C4H10BNO3.ClH/c7-5(8)9-6-3-1-2-4-6;/h7-8H,1-4H2;1H. The number of nitrogens with zero attached hydrogens (tertiary/aromatic N) is 1. The molecule has 1 aliphatic heterocycles. The molecule has 0 aromatic heterocycles. The van der Waals surface area contributed by atoms with Crippen molar-refractivity contribution in [1.82, 2.24) is 5.06 Å². The third-order valence-electron chi connectivity index (χ3n) is 1.31. The molecule has 0 aromatic rings. The maximum atomic E-state index is 8.30. The van der Waals surface area contributed by atoms with Gasteiger partial charge in [0.15, 0.2) is 0 Å². The highest BCUT2D eigenvalue weighted by molar-refractivity contribution is 6.32. The van der Waals surface area contributed by atoms with Crippen LogP contribution in [0.25, 0.3) is 0 Å². The molecule has 1 saturated heterocycles. The monoisotopic (exact) mass is 167 g/mol. The summed E-state index contributed by atoms with van der Waals surface area (Å²) in [7, 11) is -1.65. The molecule has 0 saturated carbocycles. The Kier molecular flexibility index (Phi) is 5.02. The molecule has 0 aromatic carbocycles. The van der Waals surface area contributed by atoms with E-state index < -0.39 is 7.32 Å². The van der Waals surface area contributed by atoms with E-state index in [2.05, 4.69) is 4.76 Å². The van der Waals surface area contributed by atoms with Crippen molar-refractivity contribution in [1.29, 1.82) is 0 Å². The Morgan fingerprint density at radius 1 is 1.20 bits per heavy atom. The SMILES string of the molecule is Cl.OB(O)ON1CCCC1. The van der Waals surface area contributed by atoms with Gasteiger partial charge in [0, 0.05) is 13.1 Å². The summed E-state index contributed by atoms with van der Waals surface area (Å²) in [4.78, 5) is 0. The van der Waals surface area contributed by atoms with Gasteiger partial charge in [-0.1, -0.05) is 0 Å². The third-order valence-corrected chi connectivity index (χ3v) is 1.31. The molecular formula is C4H11BClNO3. The number of hydrogen-bond acceptors (Lipinski definition) is 4. The molecule has 0 bridgehead atoms. The number of hydrogen-bond donors (Lipinski definition) is 2. The summed E-state index contributed by atoms with van der Waals surface area (Å²) in [6.07, 6.45) is 2.15. The van der Waals surface area contributed by atoms with Crippen molar-refractivity contribution in [2.75, 3.05) is 13.1 Å². The lowest BCUT2D eigenvalue weighted by Gasteiger charge is -2.12. The zero-order chi connectivity index (χ0) is 6.69. The molecule has 1 aliphatic rings. The third kappa shape index (κ3) is 3.38. The van der Waals surface area contributed by atoms with E-state index in [0.717, 1.165) is 25.9 Å². The van der Waals surface area contributed by atoms with Crippen molar-refractivity contribution in [2.45, 2.75) is 12.8 Å². The Hall–Kier alpha value is 0.195. The molecule has 4 nitrogen and oxygen atoms in total. The zero-order valence-electron chi connectivity index (χ0n) is 5.56. The van der Waals surface area contributed by atoms with Crippen LogP contribution in [0, 0.1) is 0 Å². The first-order valence-electron chi connectivity index (χ1n) is 3.07. The predicted molar refractivity (Wildman–Crippen MR) is 39.3 cm³/mol. The van der Waals surface area contributed by atoms with Crippen LogP contribution in [0.15, 0.2) is 0 Å². The fourth-order valence-electron chi connectivity index (χ4n) is 0.927. The second-order valence-corrected chi connectivity index (χ2v) is 2.07. The molecule has 1 heterocycles. The molecule has 60 valence electrons. The molecule has 1 fully saturated rings. The van der Waals surface area contributed by atoms with Crippen molar-refractivity contribution < 1.29 is 14.8 Å². The second-order valence-electron chi connectivity index (χ2n) is 2.07. The van der Waals surface area contributed by atoms with Gasteiger partial charge in [0.2, 0.25) is 0 Å². The van der Waals surface area contributed by atoms with E-state index in [1.807, 2.05) is 0 Å². The Morgan fingerprint density at radius 2 is 1.70 bits per heavy atom. The highest BCUT2D eigenvalue weighted by Crippen LogP contribution is 2.06. The Bertz CT molecular complexity index is 88.6. The topological polar surface area (TPSA) is 52.9 Å². The van der Waals surface area contributed by atoms with Gasteiger partial charge in [-0.2, -0.15) is 0 Å². The van der Waals surface area contributed by atoms with E-state index in [-0.39, 0.29) is 12.4 Å². The Labute approximate surface area is 66.3 Å². The zero-order valence-corrected chi connectivity index (χ0v) is 6.38. The molecule has 0 unspecified atom stereocenters. The summed E-state index contributed by atoms with van der Waals surface area (Å²) in [6, 6.07) is 0. The van der Waals surface area contributed by atoms with Crippen LogP contribution in [-0.2, 0) is 4.76 Å². The molecule has 0 atom stereocenters. The van der Waals surface area contributed by atoms with Crippen LogP contribution >= 0.6 is 12.4 Å². The van der Waals surface area contributed by atoms with Gasteiger partial charge in [-0.3, -0.25) is 4.76 Å². The smallest absolute Gasteiger partial charge is 0.401 e. The van der Waals surface area contributed by atoms with E-state index in [4.69, 9.17) is 10.0 Å². The Balaban J connectivity index is 0.000000810. The summed E-state index contributed by atoms with van der Waals surface area (Å²) in [6.45, 7) is 1.61. The molecule has 0 aliphatic carbocycles. The summed E-state index contributed by atoms with van der Waals surface area (Å²) in [5.41, 5.74) is 0. The predicted octanol–water partition coefficient (Wildman–Crippen LogP) is -0.595. The van der Waals surface area contributed by atoms with Crippen LogP contribution in [-0.4, -0.2) is 35.5 Å². The van der Waals surface area contributed by atoms with Gasteiger partial charge < -0.3 is 10.0 Å². The van der Waals surface area contributed by atoms with Gasteiger partial charge in [-0.15, -0.1) is 12.4 Å². The largest absolute Gasteiger partial charge is 0.651 e. The van der Waals surface area contributed by atoms with Gasteiger partial charge in [0.25, 0.3) is 0 Å².